The molecule has 1 aromatic rings. The van der Waals surface area contributed by atoms with E-state index in [9.17, 15) is 14.7 Å². The molecular weight excluding hydrogens is 342 g/mol. The molecule has 1 fully saturated rings. The molecule has 0 spiro atoms. The number of pyridine rings is 1. The predicted molar refractivity (Wildman–Crippen MR) is 105 cm³/mol. The van der Waals surface area contributed by atoms with Crippen molar-refractivity contribution in [3.05, 3.63) is 23.4 Å². The van der Waals surface area contributed by atoms with Gasteiger partial charge in [-0.3, -0.25) is 9.59 Å². The van der Waals surface area contributed by atoms with Gasteiger partial charge in [0.05, 0.1) is 5.60 Å². The van der Waals surface area contributed by atoms with Crippen molar-refractivity contribution in [3.8, 4) is 0 Å². The van der Waals surface area contributed by atoms with Crippen LogP contribution >= 0.6 is 0 Å². The van der Waals surface area contributed by atoms with E-state index >= 15 is 0 Å². The van der Waals surface area contributed by atoms with Crippen LogP contribution in [0.3, 0.4) is 0 Å². The minimum absolute atomic E-state index is 0.00592. The van der Waals surface area contributed by atoms with Gasteiger partial charge in [-0.05, 0) is 69.9 Å². The summed E-state index contributed by atoms with van der Waals surface area (Å²) < 4.78 is 0. The Morgan fingerprint density at radius 1 is 1.33 bits per heavy atom. The van der Waals surface area contributed by atoms with E-state index in [1.165, 1.54) is 12.5 Å². The second-order valence-corrected chi connectivity index (χ2v) is 8.11. The third-order valence-electron chi connectivity index (χ3n) is 5.73. The van der Waals surface area contributed by atoms with E-state index in [2.05, 4.69) is 27.8 Å². The van der Waals surface area contributed by atoms with Gasteiger partial charge in [-0.2, -0.15) is 0 Å². The monoisotopic (exact) mass is 373 g/mol. The zero-order chi connectivity index (χ0) is 19.3. The first-order chi connectivity index (χ1) is 13.0. The van der Waals surface area contributed by atoms with E-state index < -0.39 is 5.60 Å². The SMILES string of the molecule is CC(=O)CC1(O)CCC(C(=O)NCCCc2ccc3c(n2)NCCC3)CC1. The summed E-state index contributed by atoms with van der Waals surface area (Å²) in [7, 11) is 0. The summed E-state index contributed by atoms with van der Waals surface area (Å²) in [5, 5.41) is 16.8. The highest BCUT2D eigenvalue weighted by atomic mass is 16.3. The number of ketones is 1. The van der Waals surface area contributed by atoms with Crippen molar-refractivity contribution in [1.82, 2.24) is 10.3 Å². The van der Waals surface area contributed by atoms with E-state index in [1.807, 2.05) is 0 Å². The number of rotatable bonds is 7. The van der Waals surface area contributed by atoms with Crippen molar-refractivity contribution in [2.24, 2.45) is 5.92 Å². The molecule has 2 aliphatic rings. The largest absolute Gasteiger partial charge is 0.389 e. The standard InChI is InChI=1S/C21H31N3O3/c1-15(25)14-21(27)10-8-17(9-11-21)20(26)23-13-3-5-18-7-6-16-4-2-12-22-19(16)24-18/h6-7,17,27H,2-5,8-14H2,1H3,(H,22,24)(H,23,26). The quantitative estimate of drug-likeness (QED) is 0.639. The maximum absolute atomic E-state index is 12.3. The summed E-state index contributed by atoms with van der Waals surface area (Å²) in [6.45, 7) is 3.13. The zero-order valence-corrected chi connectivity index (χ0v) is 16.2. The molecule has 1 aliphatic heterocycles. The number of carbonyl (C=O) groups is 2. The average molecular weight is 373 g/mol. The number of fused-ring (bicyclic) bond motifs is 1. The van der Waals surface area contributed by atoms with Crippen molar-refractivity contribution >= 4 is 17.5 Å². The van der Waals surface area contributed by atoms with Gasteiger partial charge in [0.1, 0.15) is 11.6 Å². The van der Waals surface area contributed by atoms with Crippen LogP contribution in [0.25, 0.3) is 0 Å². The molecule has 0 radical (unpaired) electrons. The topological polar surface area (TPSA) is 91.3 Å². The third kappa shape index (κ3) is 5.51. The summed E-state index contributed by atoms with van der Waals surface area (Å²) in [4.78, 5) is 28.3. The molecule has 0 aromatic carbocycles. The zero-order valence-electron chi connectivity index (χ0n) is 16.2. The molecule has 1 aromatic heterocycles. The van der Waals surface area contributed by atoms with Gasteiger partial charge in [-0.1, -0.05) is 6.07 Å². The number of Topliss-reactive ketones (excluding diaryl/α,β-unsaturated/α-hetero) is 1. The van der Waals surface area contributed by atoms with Crippen molar-refractivity contribution in [3.63, 3.8) is 0 Å². The molecule has 0 bridgehead atoms. The first-order valence-electron chi connectivity index (χ1n) is 10.2. The number of aromatic nitrogens is 1. The normalized spacial score (nSPS) is 24.6. The van der Waals surface area contributed by atoms with Crippen LogP contribution in [0.4, 0.5) is 5.82 Å². The van der Waals surface area contributed by atoms with Crippen LogP contribution in [-0.2, 0) is 22.4 Å². The number of aliphatic hydroxyl groups is 1. The number of carbonyl (C=O) groups excluding carboxylic acids is 2. The Bertz CT molecular complexity index is 681. The minimum atomic E-state index is -0.908. The lowest BCUT2D eigenvalue weighted by Crippen LogP contribution is -2.40. The van der Waals surface area contributed by atoms with Crippen molar-refractivity contribution in [2.45, 2.75) is 70.3 Å². The fourth-order valence-corrected chi connectivity index (χ4v) is 4.19. The number of nitrogens with zero attached hydrogens (tertiary/aromatic N) is 1. The van der Waals surface area contributed by atoms with Crippen LogP contribution in [0.1, 0.15) is 63.1 Å². The molecule has 1 aliphatic carbocycles. The molecule has 0 unspecified atom stereocenters. The van der Waals surface area contributed by atoms with Crippen LogP contribution in [0, 0.1) is 5.92 Å². The van der Waals surface area contributed by atoms with Crippen LogP contribution < -0.4 is 10.6 Å². The second-order valence-electron chi connectivity index (χ2n) is 8.11. The smallest absolute Gasteiger partial charge is 0.223 e. The van der Waals surface area contributed by atoms with Gasteiger partial charge in [0.2, 0.25) is 5.91 Å². The Hall–Kier alpha value is -1.95. The van der Waals surface area contributed by atoms with Gasteiger partial charge in [-0.15, -0.1) is 0 Å². The summed E-state index contributed by atoms with van der Waals surface area (Å²) in [5.41, 5.74) is 1.44. The highest BCUT2D eigenvalue weighted by molar-refractivity contribution is 5.79. The lowest BCUT2D eigenvalue weighted by Gasteiger charge is -2.34. The van der Waals surface area contributed by atoms with Crippen LogP contribution in [-0.4, -0.2) is 40.5 Å². The van der Waals surface area contributed by atoms with E-state index in [1.54, 1.807) is 0 Å². The van der Waals surface area contributed by atoms with Crippen LogP contribution in [0.5, 0.6) is 0 Å². The van der Waals surface area contributed by atoms with Gasteiger partial charge in [0.25, 0.3) is 0 Å². The van der Waals surface area contributed by atoms with Gasteiger partial charge in [0.15, 0.2) is 0 Å². The maximum Gasteiger partial charge on any atom is 0.223 e. The number of anilines is 1. The highest BCUT2D eigenvalue weighted by Gasteiger charge is 2.36. The first kappa shape index (κ1) is 19.8. The Balaban J connectivity index is 1.37. The molecule has 148 valence electrons. The Kier molecular flexibility index (Phi) is 6.47. The average Bonchev–Trinajstić information content (AvgIpc) is 2.64. The number of hydrogen-bond acceptors (Lipinski definition) is 5. The minimum Gasteiger partial charge on any atom is -0.389 e. The summed E-state index contributed by atoms with van der Waals surface area (Å²) in [6, 6.07) is 4.25. The lowest BCUT2D eigenvalue weighted by atomic mass is 9.76. The number of aryl methyl sites for hydroxylation is 2. The third-order valence-corrected chi connectivity index (χ3v) is 5.73. The van der Waals surface area contributed by atoms with Gasteiger partial charge in [-0.25, -0.2) is 4.98 Å². The summed E-state index contributed by atoms with van der Waals surface area (Å²) in [6.07, 6.45) is 6.50. The number of nitrogens with one attached hydrogen (secondary N) is 2. The highest BCUT2D eigenvalue weighted by Crippen LogP contribution is 2.34. The number of hydrogen-bond donors (Lipinski definition) is 3. The van der Waals surface area contributed by atoms with E-state index in [0.29, 0.717) is 32.2 Å². The predicted octanol–water partition coefficient (Wildman–Crippen LogP) is 2.39. The number of amides is 1. The molecule has 3 rings (SSSR count). The van der Waals surface area contributed by atoms with Gasteiger partial charge >= 0.3 is 0 Å². The first-order valence-corrected chi connectivity index (χ1v) is 10.2. The second kappa shape index (κ2) is 8.83. The van der Waals surface area contributed by atoms with E-state index in [0.717, 1.165) is 43.7 Å². The fourth-order valence-electron chi connectivity index (χ4n) is 4.19. The Morgan fingerprint density at radius 3 is 2.85 bits per heavy atom. The molecular formula is C21H31N3O3. The molecule has 2 heterocycles. The molecule has 27 heavy (non-hydrogen) atoms. The van der Waals surface area contributed by atoms with E-state index in [-0.39, 0.29) is 24.0 Å². The Morgan fingerprint density at radius 2 is 2.11 bits per heavy atom. The van der Waals surface area contributed by atoms with Gasteiger partial charge in [0, 0.05) is 31.1 Å². The van der Waals surface area contributed by atoms with Crippen molar-refractivity contribution in [1.29, 1.82) is 0 Å². The Labute approximate surface area is 161 Å². The molecule has 1 amide bonds. The van der Waals surface area contributed by atoms with Crippen LogP contribution in [0.15, 0.2) is 12.1 Å². The van der Waals surface area contributed by atoms with Crippen molar-refractivity contribution in [2.75, 3.05) is 18.4 Å². The fraction of sp³-hybridized carbons (Fsp3) is 0.667. The van der Waals surface area contributed by atoms with Crippen LogP contribution in [0.2, 0.25) is 0 Å². The summed E-state index contributed by atoms with van der Waals surface area (Å²) in [5.74, 6) is 1.04. The molecule has 1 saturated carbocycles. The molecule has 6 heteroatoms. The molecule has 0 saturated heterocycles. The molecule has 6 nitrogen and oxygen atoms in total. The molecule has 3 N–H and O–H groups in total. The van der Waals surface area contributed by atoms with E-state index in [4.69, 9.17) is 0 Å². The summed E-state index contributed by atoms with van der Waals surface area (Å²) >= 11 is 0. The molecule has 0 atom stereocenters. The van der Waals surface area contributed by atoms with Crippen molar-refractivity contribution < 1.29 is 14.7 Å². The lowest BCUT2D eigenvalue weighted by molar-refractivity contribution is -0.129. The van der Waals surface area contributed by atoms with Gasteiger partial charge < -0.3 is 15.7 Å². The maximum atomic E-state index is 12.3.